The average molecular weight is 461 g/mol. The van der Waals surface area contributed by atoms with Crippen molar-refractivity contribution in [2.24, 2.45) is 0 Å². The molecule has 1 aliphatic rings. The molecule has 1 amide bonds. The van der Waals surface area contributed by atoms with Gasteiger partial charge in [0, 0.05) is 49.0 Å². The molecule has 0 bridgehead atoms. The minimum absolute atomic E-state index is 0.0835. The first-order valence-electron chi connectivity index (χ1n) is 11.7. The molecule has 1 saturated heterocycles. The van der Waals surface area contributed by atoms with Gasteiger partial charge in [0.15, 0.2) is 0 Å². The van der Waals surface area contributed by atoms with Gasteiger partial charge >= 0.3 is 0 Å². The molecule has 0 radical (unpaired) electrons. The molecule has 1 aliphatic heterocycles. The van der Waals surface area contributed by atoms with Crippen LogP contribution in [0.15, 0.2) is 65.7 Å². The number of nitrogen functional groups attached to an aromatic ring is 1. The van der Waals surface area contributed by atoms with Crippen LogP contribution in [0.25, 0.3) is 5.57 Å². The van der Waals surface area contributed by atoms with E-state index < -0.39 is 0 Å². The van der Waals surface area contributed by atoms with Gasteiger partial charge in [0.05, 0.1) is 6.54 Å². The first kappa shape index (κ1) is 23.2. The van der Waals surface area contributed by atoms with Gasteiger partial charge in [0.2, 0.25) is 0 Å². The summed E-state index contributed by atoms with van der Waals surface area (Å²) in [5, 5.41) is 3.21. The van der Waals surface area contributed by atoms with E-state index in [0.29, 0.717) is 13.1 Å². The van der Waals surface area contributed by atoms with Crippen molar-refractivity contribution in [2.45, 2.75) is 33.2 Å². The Kier molecular flexibility index (Phi) is 7.57. The highest BCUT2D eigenvalue weighted by Gasteiger charge is 2.20. The fourth-order valence-corrected chi connectivity index (χ4v) is 5.15. The zero-order valence-corrected chi connectivity index (χ0v) is 20.3. The van der Waals surface area contributed by atoms with E-state index >= 15 is 0 Å². The summed E-state index contributed by atoms with van der Waals surface area (Å²) in [6, 6.07) is 16.2. The lowest BCUT2D eigenvalue weighted by Gasteiger charge is -2.29. The van der Waals surface area contributed by atoms with Gasteiger partial charge in [-0.1, -0.05) is 29.8 Å². The zero-order valence-electron chi connectivity index (χ0n) is 19.5. The van der Waals surface area contributed by atoms with E-state index in [0.717, 1.165) is 54.9 Å². The third kappa shape index (κ3) is 5.52. The van der Waals surface area contributed by atoms with Crippen LogP contribution in [0.2, 0.25) is 0 Å². The molecule has 33 heavy (non-hydrogen) atoms. The molecule has 2 N–H and O–H groups in total. The second kappa shape index (κ2) is 10.8. The second-order valence-electron chi connectivity index (χ2n) is 8.36. The SMILES string of the molecule is CCN(CC)C(=O)c1ccc(C(=C2CCN(Cc3nccs3)CC2)c2cccc(N)c2)cc1. The van der Waals surface area contributed by atoms with E-state index in [1.165, 1.54) is 16.2 Å². The molecule has 0 unspecified atom stereocenters. The monoisotopic (exact) mass is 460 g/mol. The third-order valence-corrected chi connectivity index (χ3v) is 7.07. The van der Waals surface area contributed by atoms with Crippen LogP contribution in [-0.2, 0) is 6.54 Å². The maximum atomic E-state index is 12.8. The topological polar surface area (TPSA) is 62.5 Å². The van der Waals surface area contributed by atoms with Gasteiger partial charge < -0.3 is 10.6 Å². The first-order chi connectivity index (χ1) is 16.1. The molecule has 172 valence electrons. The summed E-state index contributed by atoms with van der Waals surface area (Å²) < 4.78 is 0. The van der Waals surface area contributed by atoms with Crippen LogP contribution in [0.4, 0.5) is 5.69 Å². The number of anilines is 1. The molecule has 0 atom stereocenters. The molecule has 2 heterocycles. The van der Waals surface area contributed by atoms with Crippen molar-refractivity contribution in [3.05, 3.63) is 87.4 Å². The third-order valence-electron chi connectivity index (χ3n) is 6.30. The molecular formula is C27H32N4OS. The Morgan fingerprint density at radius 1 is 1.03 bits per heavy atom. The van der Waals surface area contributed by atoms with Crippen molar-refractivity contribution in [1.82, 2.24) is 14.8 Å². The number of hydrogen-bond acceptors (Lipinski definition) is 5. The summed E-state index contributed by atoms with van der Waals surface area (Å²) >= 11 is 1.72. The summed E-state index contributed by atoms with van der Waals surface area (Å²) in [6.07, 6.45) is 3.90. The number of nitrogens with zero attached hydrogens (tertiary/aromatic N) is 3. The van der Waals surface area contributed by atoms with Crippen molar-refractivity contribution < 1.29 is 4.79 Å². The zero-order chi connectivity index (χ0) is 23.2. The molecule has 3 aromatic rings. The van der Waals surface area contributed by atoms with Crippen molar-refractivity contribution in [3.8, 4) is 0 Å². The van der Waals surface area contributed by atoms with Crippen LogP contribution in [-0.4, -0.2) is 46.9 Å². The molecule has 2 aromatic carbocycles. The summed E-state index contributed by atoms with van der Waals surface area (Å²) in [5.41, 5.74) is 12.6. The van der Waals surface area contributed by atoms with Crippen molar-refractivity contribution in [2.75, 3.05) is 31.9 Å². The van der Waals surface area contributed by atoms with Crippen LogP contribution in [0.1, 0.15) is 53.2 Å². The Morgan fingerprint density at radius 3 is 2.33 bits per heavy atom. The highest BCUT2D eigenvalue weighted by Crippen LogP contribution is 2.33. The molecule has 0 spiro atoms. The van der Waals surface area contributed by atoms with Gasteiger partial charge in [-0.3, -0.25) is 9.69 Å². The number of carbonyl (C=O) groups excluding carboxylic acids is 1. The fraction of sp³-hybridized carbons (Fsp3) is 0.333. The quantitative estimate of drug-likeness (QED) is 0.486. The van der Waals surface area contributed by atoms with Crippen molar-refractivity contribution >= 4 is 28.5 Å². The van der Waals surface area contributed by atoms with Gasteiger partial charge in [0.1, 0.15) is 5.01 Å². The number of hydrogen-bond donors (Lipinski definition) is 1. The molecule has 6 heteroatoms. The average Bonchev–Trinajstić information content (AvgIpc) is 3.35. The summed E-state index contributed by atoms with van der Waals surface area (Å²) in [4.78, 5) is 21.5. The van der Waals surface area contributed by atoms with Crippen LogP contribution < -0.4 is 5.73 Å². The molecule has 0 saturated carbocycles. The van der Waals surface area contributed by atoms with Gasteiger partial charge in [-0.25, -0.2) is 4.98 Å². The Bertz CT molecular complexity index is 1090. The van der Waals surface area contributed by atoms with Crippen molar-refractivity contribution in [3.63, 3.8) is 0 Å². The first-order valence-corrected chi connectivity index (χ1v) is 12.5. The number of piperidine rings is 1. The standard InChI is InChI=1S/C27H32N4OS/c1-3-31(4-2)27(32)22-10-8-20(9-11-22)26(23-6-5-7-24(28)18-23)21-12-15-30(16-13-21)19-25-29-14-17-33-25/h5-11,14,17-18H,3-4,12-13,15-16,19,28H2,1-2H3. The molecule has 5 nitrogen and oxygen atoms in total. The smallest absolute Gasteiger partial charge is 0.253 e. The Hall–Kier alpha value is -2.96. The van der Waals surface area contributed by atoms with Gasteiger partial charge in [-0.2, -0.15) is 0 Å². The second-order valence-corrected chi connectivity index (χ2v) is 9.34. The Morgan fingerprint density at radius 2 is 1.73 bits per heavy atom. The van der Waals surface area contributed by atoms with Crippen molar-refractivity contribution in [1.29, 1.82) is 0 Å². The number of thiazole rings is 1. The predicted molar refractivity (Wildman–Crippen MR) is 137 cm³/mol. The molecule has 0 aliphatic carbocycles. The van der Waals surface area contributed by atoms with Gasteiger partial charge in [-0.15, -0.1) is 11.3 Å². The summed E-state index contributed by atoms with van der Waals surface area (Å²) in [6.45, 7) is 8.40. The molecule has 4 rings (SSSR count). The normalized spacial score (nSPS) is 14.3. The minimum atomic E-state index is 0.0835. The highest BCUT2D eigenvalue weighted by molar-refractivity contribution is 7.09. The molecule has 1 fully saturated rings. The number of aromatic nitrogens is 1. The lowest BCUT2D eigenvalue weighted by Crippen LogP contribution is -2.30. The summed E-state index contributed by atoms with van der Waals surface area (Å²) in [7, 11) is 0. The fourth-order valence-electron chi connectivity index (χ4n) is 4.50. The van der Waals surface area contributed by atoms with Gasteiger partial charge in [-0.05, 0) is 67.7 Å². The number of rotatable bonds is 7. The van der Waals surface area contributed by atoms with E-state index in [1.54, 1.807) is 11.3 Å². The van der Waals surface area contributed by atoms with Crippen LogP contribution in [0.5, 0.6) is 0 Å². The van der Waals surface area contributed by atoms with Gasteiger partial charge in [0.25, 0.3) is 5.91 Å². The van der Waals surface area contributed by atoms with Crippen LogP contribution in [0.3, 0.4) is 0 Å². The molecular weight excluding hydrogens is 428 g/mol. The number of carbonyl (C=O) groups is 1. The molecule has 1 aromatic heterocycles. The van der Waals surface area contributed by atoms with Crippen LogP contribution in [0, 0.1) is 0 Å². The van der Waals surface area contributed by atoms with E-state index in [4.69, 9.17) is 5.73 Å². The highest BCUT2D eigenvalue weighted by atomic mass is 32.1. The minimum Gasteiger partial charge on any atom is -0.399 e. The maximum absolute atomic E-state index is 12.8. The lowest BCUT2D eigenvalue weighted by molar-refractivity contribution is 0.0773. The van der Waals surface area contributed by atoms with E-state index in [1.807, 2.05) is 54.6 Å². The Balaban J connectivity index is 1.62. The van der Waals surface area contributed by atoms with E-state index in [-0.39, 0.29) is 5.91 Å². The summed E-state index contributed by atoms with van der Waals surface area (Å²) in [5.74, 6) is 0.0835. The lowest BCUT2D eigenvalue weighted by atomic mass is 9.88. The number of benzene rings is 2. The van der Waals surface area contributed by atoms with E-state index in [2.05, 4.69) is 34.1 Å². The number of likely N-dealkylation sites (tertiary alicyclic amines) is 1. The Labute approximate surface area is 200 Å². The number of amides is 1. The van der Waals surface area contributed by atoms with E-state index in [9.17, 15) is 4.79 Å². The predicted octanol–water partition coefficient (Wildman–Crippen LogP) is 5.31. The maximum Gasteiger partial charge on any atom is 0.253 e. The number of nitrogens with two attached hydrogens (primary N) is 1. The van der Waals surface area contributed by atoms with Crippen LogP contribution >= 0.6 is 11.3 Å². The largest absolute Gasteiger partial charge is 0.399 e.